The van der Waals surface area contributed by atoms with Gasteiger partial charge >= 0.3 is 0 Å². The number of benzene rings is 1. The van der Waals surface area contributed by atoms with Crippen LogP contribution in [0.2, 0.25) is 0 Å². The van der Waals surface area contributed by atoms with Crippen molar-refractivity contribution in [1.29, 1.82) is 0 Å². The second-order valence-corrected chi connectivity index (χ2v) is 10.1. The highest BCUT2D eigenvalue weighted by atomic mass is 16.5. The van der Waals surface area contributed by atoms with Gasteiger partial charge < -0.3 is 25.6 Å². The van der Waals surface area contributed by atoms with Crippen LogP contribution in [-0.4, -0.2) is 63.2 Å². The average molecular weight is 553 g/mol. The summed E-state index contributed by atoms with van der Waals surface area (Å²) in [6.07, 6.45) is 5.54. The molecule has 4 aromatic rings. The first-order chi connectivity index (χ1) is 19.9. The number of hydrogen-bond donors (Lipinski definition) is 3. The largest absolute Gasteiger partial charge is 0.381 e. The minimum absolute atomic E-state index is 0.174. The van der Waals surface area contributed by atoms with Gasteiger partial charge in [-0.05, 0) is 31.9 Å². The predicted molar refractivity (Wildman–Crippen MR) is 158 cm³/mol. The summed E-state index contributed by atoms with van der Waals surface area (Å²) in [5.74, 6) is 1.21. The van der Waals surface area contributed by atoms with E-state index in [1.807, 2.05) is 18.3 Å². The van der Waals surface area contributed by atoms with Gasteiger partial charge in [0.05, 0.1) is 47.2 Å². The summed E-state index contributed by atoms with van der Waals surface area (Å²) in [6.45, 7) is 7.82. The zero-order chi connectivity index (χ0) is 28.5. The number of nitrogens with zero attached hydrogens (tertiary/aromatic N) is 7. The molecule has 1 saturated heterocycles. The van der Waals surface area contributed by atoms with Crippen LogP contribution >= 0.6 is 0 Å². The van der Waals surface area contributed by atoms with Gasteiger partial charge in [-0.15, -0.1) is 10.2 Å². The molecule has 5 heterocycles. The summed E-state index contributed by atoms with van der Waals surface area (Å²) in [7, 11) is 3.64. The molecule has 1 aromatic carbocycles. The van der Waals surface area contributed by atoms with Crippen LogP contribution in [0.3, 0.4) is 0 Å². The number of hydrogen-bond acceptors (Lipinski definition) is 10. The van der Waals surface area contributed by atoms with Crippen molar-refractivity contribution in [3.63, 3.8) is 0 Å². The van der Waals surface area contributed by atoms with Gasteiger partial charge in [-0.2, -0.15) is 5.10 Å². The van der Waals surface area contributed by atoms with Crippen LogP contribution < -0.4 is 20.9 Å². The molecule has 0 spiro atoms. The Morgan fingerprint density at radius 3 is 2.68 bits per heavy atom. The van der Waals surface area contributed by atoms with Crippen LogP contribution in [0.15, 0.2) is 43.1 Å². The molecule has 1 fully saturated rings. The molecule has 2 aliphatic rings. The second kappa shape index (κ2) is 11.0. The van der Waals surface area contributed by atoms with Crippen LogP contribution in [0.25, 0.3) is 17.2 Å². The van der Waals surface area contributed by atoms with Crippen LogP contribution in [-0.2, 0) is 11.3 Å². The van der Waals surface area contributed by atoms with Crippen molar-refractivity contribution in [2.24, 2.45) is 0 Å². The van der Waals surface area contributed by atoms with E-state index in [-0.39, 0.29) is 11.6 Å². The standard InChI is InChI=1S/C29H32N10O2/c1-5-18-13-25(33-17(2)32-18)35-26-14-23(27(37-36-26)29(40)30-3)34-22-8-6-7-20-21-15-31-39(19-9-11-41-12-10-19)24(21)16-38(4)28(20)22/h5-8,13-15,19H,1,9-12,16H2,2-4H3,(H,30,40)(H2,32,33,34,35,36). The average Bonchev–Trinajstić information content (AvgIpc) is 3.41. The predicted octanol–water partition coefficient (Wildman–Crippen LogP) is 4.23. The molecule has 12 heteroatoms. The van der Waals surface area contributed by atoms with Crippen LogP contribution in [0.5, 0.6) is 0 Å². The quantitative estimate of drug-likeness (QED) is 0.306. The molecule has 0 saturated carbocycles. The number of para-hydroxylation sites is 1. The van der Waals surface area contributed by atoms with Crippen molar-refractivity contribution in [2.45, 2.75) is 32.4 Å². The summed E-state index contributed by atoms with van der Waals surface area (Å²) >= 11 is 0. The van der Waals surface area contributed by atoms with Crippen molar-refractivity contribution in [2.75, 3.05) is 42.8 Å². The Bertz CT molecular complexity index is 1630. The first kappa shape index (κ1) is 26.4. The molecule has 1 amide bonds. The Balaban J connectivity index is 1.36. The number of nitrogens with one attached hydrogen (secondary N) is 3. The van der Waals surface area contributed by atoms with Gasteiger partial charge in [0.2, 0.25) is 0 Å². The van der Waals surface area contributed by atoms with E-state index >= 15 is 0 Å². The topological polar surface area (TPSA) is 135 Å². The number of carbonyl (C=O) groups excluding carboxylic acids is 1. The van der Waals surface area contributed by atoms with E-state index in [2.05, 4.69) is 65.4 Å². The Labute approximate surface area is 237 Å². The highest BCUT2D eigenvalue weighted by Crippen LogP contribution is 2.45. The number of fused-ring (bicyclic) bond motifs is 3. The molecular formula is C29H32N10O2. The maximum Gasteiger partial charge on any atom is 0.273 e. The lowest BCUT2D eigenvalue weighted by Gasteiger charge is -2.32. The highest BCUT2D eigenvalue weighted by Gasteiger charge is 2.29. The number of anilines is 5. The van der Waals surface area contributed by atoms with E-state index in [9.17, 15) is 4.79 Å². The maximum absolute atomic E-state index is 12.8. The van der Waals surface area contributed by atoms with Crippen LogP contribution in [0, 0.1) is 6.92 Å². The molecule has 12 nitrogen and oxygen atoms in total. The SMILES string of the molecule is C=Cc1cc(Nc2cc(Nc3cccc4c3N(C)Cc3c-4cnn3C3CCOCC3)c(C(=O)NC)nn2)nc(C)n1. The monoisotopic (exact) mass is 552 g/mol. The zero-order valence-electron chi connectivity index (χ0n) is 23.3. The number of rotatable bonds is 7. The van der Waals surface area contributed by atoms with E-state index in [0.717, 1.165) is 48.6 Å². The van der Waals surface area contributed by atoms with Gasteiger partial charge in [-0.1, -0.05) is 18.7 Å². The summed E-state index contributed by atoms with van der Waals surface area (Å²) in [5.41, 5.74) is 6.61. The lowest BCUT2D eigenvalue weighted by molar-refractivity contribution is 0.0654. The third-order valence-corrected chi connectivity index (χ3v) is 7.36. The fourth-order valence-corrected chi connectivity index (χ4v) is 5.46. The third kappa shape index (κ3) is 5.09. The molecule has 0 unspecified atom stereocenters. The highest BCUT2D eigenvalue weighted by molar-refractivity contribution is 6.00. The van der Waals surface area contributed by atoms with Crippen LogP contribution in [0.1, 0.15) is 46.6 Å². The Morgan fingerprint density at radius 2 is 1.90 bits per heavy atom. The molecule has 210 valence electrons. The Morgan fingerprint density at radius 1 is 1.07 bits per heavy atom. The first-order valence-electron chi connectivity index (χ1n) is 13.6. The number of aromatic nitrogens is 6. The van der Waals surface area contributed by atoms with E-state index in [4.69, 9.17) is 9.84 Å². The van der Waals surface area contributed by atoms with Gasteiger partial charge in [-0.25, -0.2) is 9.97 Å². The maximum atomic E-state index is 12.8. The van der Waals surface area contributed by atoms with E-state index in [1.165, 1.54) is 5.69 Å². The van der Waals surface area contributed by atoms with E-state index in [0.29, 0.717) is 41.4 Å². The molecule has 0 bridgehead atoms. The molecule has 0 aliphatic carbocycles. The molecule has 6 rings (SSSR count). The molecule has 41 heavy (non-hydrogen) atoms. The smallest absolute Gasteiger partial charge is 0.273 e. The normalized spacial score (nSPS) is 14.7. The Hall–Kier alpha value is -4.84. The first-order valence-corrected chi connectivity index (χ1v) is 13.6. The van der Waals surface area contributed by atoms with Gasteiger partial charge in [0.15, 0.2) is 11.5 Å². The van der Waals surface area contributed by atoms with Gasteiger partial charge in [0.25, 0.3) is 5.91 Å². The molecule has 0 atom stereocenters. The lowest BCUT2D eigenvalue weighted by atomic mass is 9.97. The molecule has 3 aromatic heterocycles. The van der Waals surface area contributed by atoms with Crippen molar-refractivity contribution < 1.29 is 9.53 Å². The number of carbonyl (C=O) groups is 1. The molecular weight excluding hydrogens is 520 g/mol. The fraction of sp³-hybridized carbons (Fsp3) is 0.310. The van der Waals surface area contributed by atoms with Gasteiger partial charge in [0, 0.05) is 50.6 Å². The van der Waals surface area contributed by atoms with Crippen molar-refractivity contribution >= 4 is 40.7 Å². The second-order valence-electron chi connectivity index (χ2n) is 10.1. The van der Waals surface area contributed by atoms with Gasteiger partial charge in [-0.3, -0.25) is 9.48 Å². The minimum atomic E-state index is -0.350. The van der Waals surface area contributed by atoms with Crippen LogP contribution in [0.4, 0.5) is 28.7 Å². The molecule has 0 radical (unpaired) electrons. The van der Waals surface area contributed by atoms with E-state index < -0.39 is 0 Å². The molecule has 3 N–H and O–H groups in total. The summed E-state index contributed by atoms with van der Waals surface area (Å²) in [4.78, 5) is 23.7. The van der Waals surface area contributed by atoms with E-state index in [1.54, 1.807) is 32.2 Å². The fourth-order valence-electron chi connectivity index (χ4n) is 5.46. The molecule has 2 aliphatic heterocycles. The van der Waals surface area contributed by atoms with Gasteiger partial charge in [0.1, 0.15) is 11.6 Å². The summed E-state index contributed by atoms with van der Waals surface area (Å²) in [5, 5.41) is 22.6. The number of ether oxygens (including phenoxy) is 1. The number of aryl methyl sites for hydroxylation is 1. The van der Waals surface area contributed by atoms with Crippen molar-refractivity contribution in [3.8, 4) is 11.1 Å². The number of amides is 1. The third-order valence-electron chi connectivity index (χ3n) is 7.36. The van der Waals surface area contributed by atoms with Crippen molar-refractivity contribution in [3.05, 3.63) is 66.0 Å². The zero-order valence-corrected chi connectivity index (χ0v) is 23.3. The van der Waals surface area contributed by atoms with Crippen molar-refractivity contribution in [1.82, 2.24) is 35.3 Å². The minimum Gasteiger partial charge on any atom is -0.381 e. The summed E-state index contributed by atoms with van der Waals surface area (Å²) in [6, 6.07) is 9.96. The lowest BCUT2D eigenvalue weighted by Crippen LogP contribution is -2.28. The summed E-state index contributed by atoms with van der Waals surface area (Å²) < 4.78 is 7.75. The Kier molecular flexibility index (Phi) is 7.06.